The third kappa shape index (κ3) is 5.70. The number of carbonyl (C=O) groups is 1. The Morgan fingerprint density at radius 1 is 1.16 bits per heavy atom. The highest BCUT2D eigenvalue weighted by atomic mass is 16.6. The number of hydrogen-bond donors (Lipinski definition) is 1. The van der Waals surface area contributed by atoms with Gasteiger partial charge in [-0.3, -0.25) is 4.79 Å². The molecule has 7 heteroatoms. The summed E-state index contributed by atoms with van der Waals surface area (Å²) in [5.74, 6) is 2.36. The van der Waals surface area contributed by atoms with E-state index in [0.29, 0.717) is 30.5 Å². The Morgan fingerprint density at radius 3 is 2.65 bits per heavy atom. The minimum Gasteiger partial charge on any atom is -0.493 e. The second-order valence-corrected chi connectivity index (χ2v) is 7.32. The van der Waals surface area contributed by atoms with Crippen molar-refractivity contribution in [3.8, 4) is 29.1 Å². The van der Waals surface area contributed by atoms with Gasteiger partial charge in [-0.25, -0.2) is 0 Å². The number of nitriles is 1. The molecule has 0 fully saturated rings. The van der Waals surface area contributed by atoms with Crippen LogP contribution in [-0.2, 0) is 4.79 Å². The minimum absolute atomic E-state index is 0.0651. The molecule has 1 atom stereocenters. The average molecular weight is 422 g/mol. The SMILES string of the molecule is COc1cc(/C=C/C(=O)N[C@@H](c2ccc3c(c2)OCCO3)C(C)C)ccc1OCC#N. The summed E-state index contributed by atoms with van der Waals surface area (Å²) in [6.45, 7) is 5.09. The summed E-state index contributed by atoms with van der Waals surface area (Å²) in [7, 11) is 1.52. The molecular weight excluding hydrogens is 396 g/mol. The van der Waals surface area contributed by atoms with E-state index in [1.807, 2.05) is 24.3 Å². The van der Waals surface area contributed by atoms with Crippen LogP contribution in [0.3, 0.4) is 0 Å². The zero-order chi connectivity index (χ0) is 22.2. The van der Waals surface area contributed by atoms with Gasteiger partial charge in [-0.2, -0.15) is 5.26 Å². The molecule has 31 heavy (non-hydrogen) atoms. The number of rotatable bonds is 8. The van der Waals surface area contributed by atoms with Crippen LogP contribution in [0.2, 0.25) is 0 Å². The quantitative estimate of drug-likeness (QED) is 0.649. The van der Waals surface area contributed by atoms with Crippen LogP contribution in [0.4, 0.5) is 0 Å². The maximum atomic E-state index is 12.6. The van der Waals surface area contributed by atoms with Crippen molar-refractivity contribution in [2.24, 2.45) is 5.92 Å². The van der Waals surface area contributed by atoms with Crippen molar-refractivity contribution in [1.29, 1.82) is 5.26 Å². The minimum atomic E-state index is -0.211. The van der Waals surface area contributed by atoms with Gasteiger partial charge in [0.05, 0.1) is 13.2 Å². The lowest BCUT2D eigenvalue weighted by atomic mass is 9.95. The van der Waals surface area contributed by atoms with Crippen LogP contribution in [0, 0.1) is 17.2 Å². The normalized spacial score (nSPS) is 13.5. The maximum Gasteiger partial charge on any atom is 0.244 e. The van der Waals surface area contributed by atoms with Gasteiger partial charge in [0, 0.05) is 6.08 Å². The van der Waals surface area contributed by atoms with E-state index in [1.165, 1.54) is 13.2 Å². The van der Waals surface area contributed by atoms with Crippen LogP contribution in [0.25, 0.3) is 6.08 Å². The van der Waals surface area contributed by atoms with Gasteiger partial charge in [0.2, 0.25) is 5.91 Å². The fourth-order valence-corrected chi connectivity index (χ4v) is 3.28. The van der Waals surface area contributed by atoms with Gasteiger partial charge in [-0.1, -0.05) is 26.0 Å². The molecule has 0 saturated carbocycles. The largest absolute Gasteiger partial charge is 0.493 e. The fourth-order valence-electron chi connectivity index (χ4n) is 3.28. The van der Waals surface area contributed by atoms with Crippen LogP contribution in [0.1, 0.15) is 31.0 Å². The number of benzene rings is 2. The number of hydrogen-bond acceptors (Lipinski definition) is 6. The summed E-state index contributed by atoms with van der Waals surface area (Å²) < 4.78 is 21.9. The monoisotopic (exact) mass is 422 g/mol. The Hall–Kier alpha value is -3.66. The molecule has 1 aliphatic rings. The van der Waals surface area contributed by atoms with Gasteiger partial charge >= 0.3 is 0 Å². The van der Waals surface area contributed by atoms with E-state index < -0.39 is 0 Å². The number of nitrogens with one attached hydrogen (secondary N) is 1. The molecule has 0 aromatic heterocycles. The molecule has 0 radical (unpaired) electrons. The summed E-state index contributed by atoms with van der Waals surface area (Å²) in [5.41, 5.74) is 1.73. The Morgan fingerprint density at radius 2 is 1.94 bits per heavy atom. The van der Waals surface area contributed by atoms with Crippen LogP contribution >= 0.6 is 0 Å². The van der Waals surface area contributed by atoms with Crippen molar-refractivity contribution < 1.29 is 23.7 Å². The summed E-state index contributed by atoms with van der Waals surface area (Å²) in [4.78, 5) is 12.6. The van der Waals surface area contributed by atoms with Gasteiger partial charge in [0.1, 0.15) is 19.3 Å². The Bertz CT molecular complexity index is 994. The third-order valence-electron chi connectivity index (χ3n) is 4.80. The number of fused-ring (bicyclic) bond motifs is 1. The van der Waals surface area contributed by atoms with Crippen molar-refractivity contribution in [2.75, 3.05) is 26.9 Å². The van der Waals surface area contributed by atoms with Gasteiger partial charge in [0.15, 0.2) is 29.6 Å². The number of ether oxygens (including phenoxy) is 4. The molecule has 0 unspecified atom stereocenters. The van der Waals surface area contributed by atoms with E-state index in [2.05, 4.69) is 19.2 Å². The first-order valence-electron chi connectivity index (χ1n) is 10.1. The zero-order valence-corrected chi connectivity index (χ0v) is 17.9. The molecule has 0 spiro atoms. The molecular formula is C24H26N2O5. The van der Waals surface area contributed by atoms with Gasteiger partial charge in [-0.05, 0) is 47.4 Å². The van der Waals surface area contributed by atoms with E-state index in [0.717, 1.165) is 16.9 Å². The predicted molar refractivity (Wildman–Crippen MR) is 116 cm³/mol. The van der Waals surface area contributed by atoms with E-state index >= 15 is 0 Å². The van der Waals surface area contributed by atoms with Crippen molar-refractivity contribution in [2.45, 2.75) is 19.9 Å². The second-order valence-electron chi connectivity index (χ2n) is 7.32. The van der Waals surface area contributed by atoms with E-state index in [4.69, 9.17) is 24.2 Å². The van der Waals surface area contributed by atoms with E-state index in [1.54, 1.807) is 24.3 Å². The molecule has 0 saturated heterocycles. The van der Waals surface area contributed by atoms with Gasteiger partial charge in [-0.15, -0.1) is 0 Å². The first kappa shape index (κ1) is 22.0. The van der Waals surface area contributed by atoms with Gasteiger partial charge in [0.25, 0.3) is 0 Å². The molecule has 1 heterocycles. The molecule has 1 aliphatic heterocycles. The van der Waals surface area contributed by atoms with Crippen LogP contribution in [-0.4, -0.2) is 32.8 Å². The number of carbonyl (C=O) groups excluding carboxylic acids is 1. The number of nitrogens with zero attached hydrogens (tertiary/aromatic N) is 1. The topological polar surface area (TPSA) is 89.8 Å². The van der Waals surface area contributed by atoms with Crippen molar-refractivity contribution >= 4 is 12.0 Å². The lowest BCUT2D eigenvalue weighted by Crippen LogP contribution is -2.30. The molecule has 7 nitrogen and oxygen atoms in total. The summed E-state index contributed by atoms with van der Waals surface area (Å²) >= 11 is 0. The summed E-state index contributed by atoms with van der Waals surface area (Å²) in [5, 5.41) is 11.7. The van der Waals surface area contributed by atoms with Crippen LogP contribution in [0.5, 0.6) is 23.0 Å². The Kier molecular flexibility index (Phi) is 7.39. The Labute approximate surface area is 182 Å². The van der Waals surface area contributed by atoms with Gasteiger partial charge < -0.3 is 24.3 Å². The molecule has 3 rings (SSSR count). The van der Waals surface area contributed by atoms with Crippen LogP contribution in [0.15, 0.2) is 42.5 Å². The highest BCUT2D eigenvalue weighted by molar-refractivity contribution is 5.92. The molecule has 1 amide bonds. The maximum absolute atomic E-state index is 12.6. The van der Waals surface area contributed by atoms with Crippen molar-refractivity contribution in [3.63, 3.8) is 0 Å². The molecule has 2 aromatic rings. The number of amides is 1. The highest BCUT2D eigenvalue weighted by Gasteiger charge is 2.20. The molecule has 2 aromatic carbocycles. The average Bonchev–Trinajstić information content (AvgIpc) is 2.79. The predicted octanol–water partition coefficient (Wildman–Crippen LogP) is 3.90. The lowest BCUT2D eigenvalue weighted by molar-refractivity contribution is -0.117. The molecule has 0 bridgehead atoms. The van der Waals surface area contributed by atoms with E-state index in [-0.39, 0.29) is 24.5 Å². The van der Waals surface area contributed by atoms with Crippen molar-refractivity contribution in [1.82, 2.24) is 5.32 Å². The third-order valence-corrected chi connectivity index (χ3v) is 4.80. The van der Waals surface area contributed by atoms with Crippen LogP contribution < -0.4 is 24.3 Å². The summed E-state index contributed by atoms with van der Waals surface area (Å²) in [6.07, 6.45) is 3.19. The zero-order valence-electron chi connectivity index (χ0n) is 17.9. The Balaban J connectivity index is 1.70. The van der Waals surface area contributed by atoms with E-state index in [9.17, 15) is 4.79 Å². The standard InChI is InChI=1S/C24H26N2O5/c1-16(2)24(18-6-8-20-22(15-18)31-13-12-30-20)26-23(27)9-5-17-4-7-19(29-11-10-25)21(14-17)28-3/h4-9,14-16,24H,11-13H2,1-3H3,(H,26,27)/b9-5+/t24-/m1/s1. The first-order valence-corrected chi connectivity index (χ1v) is 10.1. The molecule has 0 aliphatic carbocycles. The summed E-state index contributed by atoms with van der Waals surface area (Å²) in [6, 6.07) is 12.7. The van der Waals surface area contributed by atoms with Crippen molar-refractivity contribution in [3.05, 3.63) is 53.6 Å². The fraction of sp³-hybridized carbons (Fsp3) is 0.333. The number of methoxy groups -OCH3 is 1. The molecule has 162 valence electrons. The highest BCUT2D eigenvalue weighted by Crippen LogP contribution is 2.34. The second kappa shape index (κ2) is 10.4. The lowest BCUT2D eigenvalue weighted by Gasteiger charge is -2.25. The molecule has 1 N–H and O–H groups in total. The smallest absolute Gasteiger partial charge is 0.244 e. The first-order chi connectivity index (χ1) is 15.0.